The fraction of sp³-hybridized carbons (Fsp3) is 0.0882. The van der Waals surface area contributed by atoms with Crippen molar-refractivity contribution in [3.63, 3.8) is 0 Å². The Morgan fingerprint density at radius 2 is 1.41 bits per heavy atom. The molecule has 6 aromatic rings. The predicted molar refractivity (Wildman–Crippen MR) is 179 cm³/mol. The molecule has 0 saturated carbocycles. The lowest BCUT2D eigenvalue weighted by Crippen LogP contribution is -2.00. The second kappa shape index (κ2) is 16.0. The molecule has 6 rings (SSSR count). The Morgan fingerprint density at radius 1 is 0.824 bits per heavy atom. The van der Waals surface area contributed by atoms with Gasteiger partial charge in [0.25, 0.3) is 6.43 Å². The van der Waals surface area contributed by atoms with Crippen LogP contribution in [-0.4, -0.2) is 41.3 Å². The first-order valence-corrected chi connectivity index (χ1v) is 17.1. The number of benzene rings is 4. The quantitative estimate of drug-likeness (QED) is 0.0652. The first-order chi connectivity index (χ1) is 24.4. The van der Waals surface area contributed by atoms with Crippen LogP contribution in [0.25, 0.3) is 33.9 Å². The molecule has 0 radical (unpaired) electrons. The summed E-state index contributed by atoms with van der Waals surface area (Å²) >= 11 is 0.881. The zero-order valence-electron chi connectivity index (χ0n) is 26.6. The SMILES string of the molecule is COc1ccc(-c2cc(C(F)F)nn2-c2ccc(SOON)cc2)cc1F.CS(=O)(=O)c1ccc(-c2cc(C#N)nn2-c2ccc(F)cc2)cc1. The summed E-state index contributed by atoms with van der Waals surface area (Å²) in [6.45, 7) is 0. The number of halogens is 4. The highest BCUT2D eigenvalue weighted by atomic mass is 32.2. The Morgan fingerprint density at radius 3 is 1.96 bits per heavy atom. The molecule has 0 unspecified atom stereocenters. The number of nitriles is 1. The monoisotopic (exact) mass is 738 g/mol. The molecule has 0 atom stereocenters. The number of rotatable bonds is 10. The first-order valence-electron chi connectivity index (χ1n) is 14.5. The maximum Gasteiger partial charge on any atom is 0.282 e. The van der Waals surface area contributed by atoms with Gasteiger partial charge in [0.1, 0.15) is 17.6 Å². The molecule has 4 aromatic carbocycles. The van der Waals surface area contributed by atoms with Crippen molar-refractivity contribution >= 4 is 21.9 Å². The number of alkyl halides is 2. The van der Waals surface area contributed by atoms with E-state index < -0.39 is 27.8 Å². The Hall–Kier alpha value is -5.51. The normalized spacial score (nSPS) is 11.2. The van der Waals surface area contributed by atoms with Crippen molar-refractivity contribution in [1.29, 1.82) is 5.26 Å². The Balaban J connectivity index is 0.000000199. The highest BCUT2D eigenvalue weighted by Gasteiger charge is 2.19. The van der Waals surface area contributed by atoms with Crippen molar-refractivity contribution in [2.24, 2.45) is 5.90 Å². The maximum absolute atomic E-state index is 14.1. The van der Waals surface area contributed by atoms with E-state index in [9.17, 15) is 26.0 Å². The van der Waals surface area contributed by atoms with Gasteiger partial charge >= 0.3 is 0 Å². The second-order valence-corrected chi connectivity index (χ2v) is 13.3. The number of hydrogen-bond donors (Lipinski definition) is 1. The van der Waals surface area contributed by atoms with Crippen LogP contribution in [0.1, 0.15) is 17.8 Å². The molecule has 0 amide bonds. The van der Waals surface area contributed by atoms with Gasteiger partial charge in [0.2, 0.25) is 0 Å². The van der Waals surface area contributed by atoms with Gasteiger partial charge in [0.05, 0.1) is 46.8 Å². The number of ether oxygens (including phenoxy) is 1. The molecular weight excluding hydrogens is 713 g/mol. The predicted octanol–water partition coefficient (Wildman–Crippen LogP) is 7.41. The summed E-state index contributed by atoms with van der Waals surface area (Å²) in [6.07, 6.45) is -1.63. The van der Waals surface area contributed by atoms with Crippen molar-refractivity contribution in [3.05, 3.63) is 126 Å². The smallest absolute Gasteiger partial charge is 0.282 e. The summed E-state index contributed by atoms with van der Waals surface area (Å²) < 4.78 is 88.9. The molecular formula is C34H26F4N6O5S2. The zero-order chi connectivity index (χ0) is 36.7. The van der Waals surface area contributed by atoms with E-state index in [0.717, 1.165) is 18.3 Å². The van der Waals surface area contributed by atoms with Gasteiger partial charge in [-0.2, -0.15) is 21.4 Å². The minimum absolute atomic E-state index is 0.0578. The van der Waals surface area contributed by atoms with Gasteiger partial charge < -0.3 is 4.74 Å². The largest absolute Gasteiger partial charge is 0.494 e. The highest BCUT2D eigenvalue weighted by Crippen LogP contribution is 2.32. The summed E-state index contributed by atoms with van der Waals surface area (Å²) in [7, 11) is -1.94. The van der Waals surface area contributed by atoms with Crippen molar-refractivity contribution < 1.29 is 40.0 Å². The van der Waals surface area contributed by atoms with E-state index in [1.165, 1.54) is 58.9 Å². The van der Waals surface area contributed by atoms with Crippen molar-refractivity contribution in [3.8, 4) is 45.7 Å². The molecule has 0 aliphatic carbocycles. The lowest BCUT2D eigenvalue weighted by atomic mass is 10.1. The third kappa shape index (κ3) is 8.81. The fourth-order valence-corrected chi connectivity index (χ4v) is 5.72. The average molecular weight is 739 g/mol. The number of hydrogen-bond acceptors (Lipinski definition) is 10. The number of nitrogens with two attached hydrogens (primary N) is 1. The van der Waals surface area contributed by atoms with Crippen molar-refractivity contribution in [2.75, 3.05) is 13.4 Å². The standard InChI is InChI=1S/C17H14F3N3O3S.C17H12FN3O2S/c1-24-16-7-2-10(8-13(16)18)15-9-14(17(19)20)22-23(15)11-3-5-12(6-4-11)27-26-25-21;1-24(22,23)16-8-2-12(3-9-16)17-10-14(11-19)20-21(17)15-6-4-13(18)5-7-15/h2-9,17H,21H2,1H3;2-10H,1H3. The molecule has 0 bridgehead atoms. The van der Waals surface area contributed by atoms with Gasteiger partial charge in [0.15, 0.2) is 27.1 Å². The number of sulfone groups is 1. The fourth-order valence-electron chi connectivity index (χ4n) is 4.73. The van der Waals surface area contributed by atoms with E-state index in [0.29, 0.717) is 38.8 Å². The van der Waals surface area contributed by atoms with Gasteiger partial charge in [0, 0.05) is 28.3 Å². The molecule has 262 valence electrons. The van der Waals surface area contributed by atoms with Gasteiger partial charge in [-0.05, 0) is 84.9 Å². The van der Waals surface area contributed by atoms with E-state index in [2.05, 4.69) is 19.5 Å². The minimum atomic E-state index is -3.28. The summed E-state index contributed by atoms with van der Waals surface area (Å²) in [4.78, 5) is 4.89. The Kier molecular flexibility index (Phi) is 11.5. The topological polar surface area (TPSA) is 147 Å². The van der Waals surface area contributed by atoms with Crippen LogP contribution in [0, 0.1) is 23.0 Å². The van der Waals surface area contributed by atoms with Crippen LogP contribution < -0.4 is 10.6 Å². The molecule has 0 fully saturated rings. The molecule has 0 aliphatic heterocycles. The summed E-state index contributed by atoms with van der Waals surface area (Å²) in [5.41, 5.74) is 2.89. The average Bonchev–Trinajstić information content (AvgIpc) is 3.77. The molecule has 2 aromatic heterocycles. The third-order valence-electron chi connectivity index (χ3n) is 7.12. The van der Waals surface area contributed by atoms with E-state index in [-0.39, 0.29) is 22.2 Å². The van der Waals surface area contributed by atoms with Crippen molar-refractivity contribution in [1.82, 2.24) is 19.6 Å². The summed E-state index contributed by atoms with van der Waals surface area (Å²) in [6, 6.07) is 27.6. The molecule has 2 heterocycles. The summed E-state index contributed by atoms with van der Waals surface area (Å²) in [5.74, 6) is 3.86. The van der Waals surface area contributed by atoms with Crippen LogP contribution in [0.15, 0.2) is 113 Å². The van der Waals surface area contributed by atoms with Crippen LogP contribution in [0.4, 0.5) is 17.6 Å². The van der Waals surface area contributed by atoms with Gasteiger partial charge in [-0.1, -0.05) is 12.1 Å². The third-order valence-corrected chi connectivity index (χ3v) is 8.86. The molecule has 0 spiro atoms. The van der Waals surface area contributed by atoms with Crippen LogP contribution in [0.5, 0.6) is 5.75 Å². The van der Waals surface area contributed by atoms with Crippen molar-refractivity contribution in [2.45, 2.75) is 16.2 Å². The van der Waals surface area contributed by atoms with E-state index in [1.807, 2.05) is 6.07 Å². The number of aromatic nitrogens is 4. The van der Waals surface area contributed by atoms with Gasteiger partial charge in [-0.3, -0.25) is 0 Å². The van der Waals surface area contributed by atoms with Crippen LogP contribution in [-0.2, 0) is 19.2 Å². The van der Waals surface area contributed by atoms with Crippen LogP contribution in [0.2, 0.25) is 0 Å². The molecule has 11 nitrogen and oxygen atoms in total. The Labute approximate surface area is 293 Å². The van der Waals surface area contributed by atoms with E-state index in [4.69, 9.17) is 15.9 Å². The van der Waals surface area contributed by atoms with Crippen LogP contribution in [0.3, 0.4) is 0 Å². The van der Waals surface area contributed by atoms with Gasteiger partial charge in [-0.15, -0.1) is 9.32 Å². The molecule has 0 aliphatic rings. The molecule has 17 heteroatoms. The second-order valence-electron chi connectivity index (χ2n) is 10.5. The molecule has 51 heavy (non-hydrogen) atoms. The Bertz CT molecular complexity index is 2270. The van der Waals surface area contributed by atoms with E-state index >= 15 is 0 Å². The number of methoxy groups -OCH3 is 1. The lowest BCUT2D eigenvalue weighted by molar-refractivity contribution is -0.195. The van der Waals surface area contributed by atoms with E-state index in [1.54, 1.807) is 60.7 Å². The maximum atomic E-state index is 14.1. The first kappa shape index (κ1) is 36.8. The summed E-state index contributed by atoms with van der Waals surface area (Å²) in [5, 5.41) is 17.2. The zero-order valence-corrected chi connectivity index (χ0v) is 28.2. The van der Waals surface area contributed by atoms with Crippen LogP contribution >= 0.6 is 12.0 Å². The number of nitrogens with zero attached hydrogens (tertiary/aromatic N) is 5. The molecule has 2 N–H and O–H groups in total. The molecule has 0 saturated heterocycles. The minimum Gasteiger partial charge on any atom is -0.494 e. The highest BCUT2D eigenvalue weighted by molar-refractivity contribution is 7.94. The lowest BCUT2D eigenvalue weighted by Gasteiger charge is -2.09. The van der Waals surface area contributed by atoms with Gasteiger partial charge in [-0.25, -0.2) is 35.3 Å².